The summed E-state index contributed by atoms with van der Waals surface area (Å²) in [6.45, 7) is 4.14. The van der Waals surface area contributed by atoms with Crippen molar-refractivity contribution in [1.82, 2.24) is 24.1 Å². The van der Waals surface area contributed by atoms with Crippen LogP contribution in [0.5, 0.6) is 0 Å². The first kappa shape index (κ1) is 21.9. The highest BCUT2D eigenvalue weighted by Crippen LogP contribution is 2.31. The summed E-state index contributed by atoms with van der Waals surface area (Å²) in [5.41, 5.74) is 5.15. The average molecular weight is 477 g/mol. The lowest BCUT2D eigenvalue weighted by atomic mass is 10.1. The zero-order valence-electron chi connectivity index (χ0n) is 19.0. The molecule has 0 radical (unpaired) electrons. The minimum absolute atomic E-state index is 0.0713. The summed E-state index contributed by atoms with van der Waals surface area (Å²) in [6.07, 6.45) is 5.08. The van der Waals surface area contributed by atoms with Crippen molar-refractivity contribution < 1.29 is 8.42 Å². The number of hydrogen-bond acceptors (Lipinski definition) is 5. The predicted molar refractivity (Wildman–Crippen MR) is 133 cm³/mol. The molecule has 9 nitrogen and oxygen atoms in total. The summed E-state index contributed by atoms with van der Waals surface area (Å²) in [5, 5.41) is 0.712. The third kappa shape index (κ3) is 3.86. The second-order valence-corrected chi connectivity index (χ2v) is 10.3. The van der Waals surface area contributed by atoms with E-state index in [0.29, 0.717) is 45.6 Å². The van der Waals surface area contributed by atoms with Crippen LogP contribution in [0, 0.1) is 6.92 Å². The summed E-state index contributed by atoms with van der Waals surface area (Å²) >= 11 is 0. The smallest absolute Gasteiger partial charge is 0.274 e. The van der Waals surface area contributed by atoms with Gasteiger partial charge in [-0.2, -0.15) is 0 Å². The monoisotopic (exact) mass is 476 g/mol. The molecule has 5 rings (SSSR count). The number of rotatable bonds is 6. The van der Waals surface area contributed by atoms with Crippen molar-refractivity contribution in [2.75, 3.05) is 10.5 Å². The van der Waals surface area contributed by atoms with Crippen LogP contribution in [-0.4, -0.2) is 38.3 Å². The Balaban J connectivity index is 1.74. The minimum atomic E-state index is -3.55. The molecule has 0 fully saturated rings. The molecule has 0 unspecified atom stereocenters. The molecule has 0 bridgehead atoms. The van der Waals surface area contributed by atoms with Gasteiger partial charge in [-0.15, -0.1) is 0 Å². The van der Waals surface area contributed by atoms with Crippen LogP contribution in [-0.2, 0) is 23.6 Å². The number of pyridine rings is 2. The first-order valence-electron chi connectivity index (χ1n) is 10.8. The normalized spacial score (nSPS) is 12.0. The minimum Gasteiger partial charge on any atom is -0.357 e. The van der Waals surface area contributed by atoms with Crippen molar-refractivity contribution in [1.29, 1.82) is 0 Å². The fourth-order valence-electron chi connectivity index (χ4n) is 3.97. The Morgan fingerprint density at radius 2 is 1.91 bits per heavy atom. The van der Waals surface area contributed by atoms with Crippen LogP contribution in [0.4, 0.5) is 5.69 Å². The summed E-state index contributed by atoms with van der Waals surface area (Å²) < 4.78 is 30.9. The number of aromatic nitrogens is 5. The first-order chi connectivity index (χ1) is 16.3. The lowest BCUT2D eigenvalue weighted by Gasteiger charge is -2.12. The molecule has 174 valence electrons. The molecule has 0 saturated heterocycles. The topological polar surface area (TPSA) is 115 Å². The standard InChI is InChI=1S/C24H24N6O3S/c1-4-34(32,33)28-20-11-19(18-13-29(3)24(31)21-17(18)9-10-25-21)27-23-22(20)26-14-30(23)12-16-7-5-15(2)6-8-16/h5-11,13-14,25H,4,12H2,1-3H3,(H,27,28). The van der Waals surface area contributed by atoms with E-state index in [4.69, 9.17) is 4.98 Å². The molecular formula is C24H24N6O3S. The van der Waals surface area contributed by atoms with E-state index in [1.165, 1.54) is 10.1 Å². The van der Waals surface area contributed by atoms with Crippen molar-refractivity contribution in [2.24, 2.45) is 7.05 Å². The number of aromatic amines is 1. The van der Waals surface area contributed by atoms with Gasteiger partial charge in [-0.3, -0.25) is 9.52 Å². The molecule has 0 aliphatic rings. The molecular weight excluding hydrogens is 452 g/mol. The highest BCUT2D eigenvalue weighted by molar-refractivity contribution is 7.92. The highest BCUT2D eigenvalue weighted by Gasteiger charge is 2.19. The molecule has 4 aromatic heterocycles. The number of hydrogen-bond donors (Lipinski definition) is 2. The van der Waals surface area contributed by atoms with E-state index in [9.17, 15) is 13.2 Å². The van der Waals surface area contributed by atoms with E-state index < -0.39 is 10.0 Å². The van der Waals surface area contributed by atoms with Gasteiger partial charge in [-0.25, -0.2) is 18.4 Å². The Morgan fingerprint density at radius 3 is 2.65 bits per heavy atom. The average Bonchev–Trinajstić information content (AvgIpc) is 3.46. The van der Waals surface area contributed by atoms with Crippen molar-refractivity contribution >= 4 is 37.8 Å². The SMILES string of the molecule is CCS(=O)(=O)Nc1cc(-c2cn(C)c(=O)c3[nH]ccc23)nc2c1ncn2Cc1ccc(C)cc1. The lowest BCUT2D eigenvalue weighted by molar-refractivity contribution is 0.602. The molecule has 5 aromatic rings. The van der Waals surface area contributed by atoms with E-state index >= 15 is 0 Å². The molecule has 1 aromatic carbocycles. The van der Waals surface area contributed by atoms with Gasteiger partial charge in [0.25, 0.3) is 5.56 Å². The number of benzene rings is 1. The molecule has 2 N–H and O–H groups in total. The number of imidazole rings is 1. The van der Waals surface area contributed by atoms with Gasteiger partial charge in [0.2, 0.25) is 10.0 Å². The Hall–Kier alpha value is -3.92. The van der Waals surface area contributed by atoms with Gasteiger partial charge in [-0.1, -0.05) is 29.8 Å². The van der Waals surface area contributed by atoms with Gasteiger partial charge in [-0.05, 0) is 31.5 Å². The number of fused-ring (bicyclic) bond motifs is 2. The molecule has 0 saturated carbocycles. The molecule has 0 aliphatic heterocycles. The number of aryl methyl sites for hydroxylation is 2. The molecule has 0 aliphatic carbocycles. The number of anilines is 1. The van der Waals surface area contributed by atoms with Crippen LogP contribution in [0.25, 0.3) is 33.3 Å². The predicted octanol–water partition coefficient (Wildman–Crippen LogP) is 3.40. The number of nitrogens with zero attached hydrogens (tertiary/aromatic N) is 4. The summed E-state index contributed by atoms with van der Waals surface area (Å²) in [4.78, 5) is 24.9. The fraction of sp³-hybridized carbons (Fsp3) is 0.208. The third-order valence-electron chi connectivity index (χ3n) is 5.86. The van der Waals surface area contributed by atoms with Gasteiger partial charge >= 0.3 is 0 Å². The number of H-pyrrole nitrogens is 1. The van der Waals surface area contributed by atoms with E-state index in [2.05, 4.69) is 14.7 Å². The van der Waals surface area contributed by atoms with Crippen LogP contribution in [0.2, 0.25) is 0 Å². The van der Waals surface area contributed by atoms with Gasteiger partial charge in [0, 0.05) is 30.4 Å². The van der Waals surface area contributed by atoms with Crippen LogP contribution < -0.4 is 10.3 Å². The Morgan fingerprint density at radius 1 is 1.15 bits per heavy atom. The Kier molecular flexibility index (Phi) is 5.24. The van der Waals surface area contributed by atoms with Gasteiger partial charge in [0.15, 0.2) is 5.65 Å². The van der Waals surface area contributed by atoms with Crippen molar-refractivity contribution in [3.05, 3.63) is 76.6 Å². The first-order valence-corrected chi connectivity index (χ1v) is 12.5. The van der Waals surface area contributed by atoms with Crippen LogP contribution in [0.3, 0.4) is 0 Å². The quantitative estimate of drug-likeness (QED) is 0.390. The zero-order valence-corrected chi connectivity index (χ0v) is 19.8. The molecule has 10 heteroatoms. The largest absolute Gasteiger partial charge is 0.357 e. The van der Waals surface area contributed by atoms with Crippen molar-refractivity contribution in [2.45, 2.75) is 20.4 Å². The van der Waals surface area contributed by atoms with Gasteiger partial charge in [0.1, 0.15) is 11.0 Å². The van der Waals surface area contributed by atoms with E-state index in [0.717, 1.165) is 5.56 Å². The Labute approximate surface area is 196 Å². The second kappa shape index (κ2) is 8.14. The van der Waals surface area contributed by atoms with Crippen molar-refractivity contribution in [3.8, 4) is 11.3 Å². The van der Waals surface area contributed by atoms with Gasteiger partial charge < -0.3 is 14.1 Å². The molecule has 0 amide bonds. The van der Waals surface area contributed by atoms with Crippen LogP contribution in [0.1, 0.15) is 18.1 Å². The summed E-state index contributed by atoms with van der Waals surface area (Å²) in [5.74, 6) is -0.0713. The zero-order chi connectivity index (χ0) is 24.0. The number of sulfonamides is 1. The van der Waals surface area contributed by atoms with Gasteiger partial charge in [0.05, 0.1) is 30.0 Å². The van der Waals surface area contributed by atoms with Crippen LogP contribution in [0.15, 0.2) is 59.9 Å². The van der Waals surface area contributed by atoms with Crippen molar-refractivity contribution in [3.63, 3.8) is 0 Å². The molecule has 4 heterocycles. The number of nitrogens with one attached hydrogen (secondary N) is 2. The maximum absolute atomic E-state index is 12.5. The maximum atomic E-state index is 12.5. The summed E-state index contributed by atoms with van der Waals surface area (Å²) in [6, 6.07) is 11.7. The van der Waals surface area contributed by atoms with E-state index in [1.807, 2.05) is 41.8 Å². The third-order valence-corrected chi connectivity index (χ3v) is 7.15. The lowest BCUT2D eigenvalue weighted by Crippen LogP contribution is -2.17. The molecule has 0 spiro atoms. The summed E-state index contributed by atoms with van der Waals surface area (Å²) in [7, 11) is -1.88. The maximum Gasteiger partial charge on any atom is 0.274 e. The Bertz CT molecular complexity index is 1690. The van der Waals surface area contributed by atoms with E-state index in [-0.39, 0.29) is 11.3 Å². The molecule has 0 atom stereocenters. The highest BCUT2D eigenvalue weighted by atomic mass is 32.2. The second-order valence-electron chi connectivity index (χ2n) is 8.32. The van der Waals surface area contributed by atoms with Crippen LogP contribution >= 0.6 is 0 Å². The van der Waals surface area contributed by atoms with E-state index in [1.54, 1.807) is 38.8 Å². The molecule has 34 heavy (non-hydrogen) atoms. The fourth-order valence-corrected chi connectivity index (χ4v) is 4.60.